The van der Waals surface area contributed by atoms with E-state index in [2.05, 4.69) is 20.5 Å². The second-order valence-corrected chi connectivity index (χ2v) is 5.94. The van der Waals surface area contributed by atoms with E-state index in [1.54, 1.807) is 10.6 Å². The van der Waals surface area contributed by atoms with Crippen molar-refractivity contribution in [2.24, 2.45) is 0 Å². The molecule has 0 bridgehead atoms. The Morgan fingerprint density at radius 2 is 2.08 bits per heavy atom. The number of H-pyrrole nitrogens is 2. The number of aromatic nitrogens is 4. The molecule has 0 fully saturated rings. The van der Waals surface area contributed by atoms with E-state index in [9.17, 15) is 9.59 Å². The fraction of sp³-hybridized carbons (Fsp3) is 0.167. The molecule has 25 heavy (non-hydrogen) atoms. The quantitative estimate of drug-likeness (QED) is 0.532. The third-order valence-electron chi connectivity index (χ3n) is 4.31. The van der Waals surface area contributed by atoms with E-state index in [0.717, 1.165) is 27.6 Å². The normalized spacial score (nSPS) is 11.2. The second kappa shape index (κ2) is 5.94. The molecule has 4 aromatic rings. The van der Waals surface area contributed by atoms with Crippen molar-refractivity contribution in [3.8, 4) is 0 Å². The van der Waals surface area contributed by atoms with Crippen LogP contribution in [0.4, 0.5) is 0 Å². The molecule has 0 unspecified atom stereocenters. The maximum atomic E-state index is 12.4. The van der Waals surface area contributed by atoms with Crippen LogP contribution in [-0.4, -0.2) is 32.2 Å². The Labute approximate surface area is 142 Å². The fourth-order valence-corrected chi connectivity index (χ4v) is 2.99. The molecule has 0 radical (unpaired) electrons. The number of aromatic amines is 2. The van der Waals surface area contributed by atoms with Gasteiger partial charge in [0.15, 0.2) is 0 Å². The van der Waals surface area contributed by atoms with Crippen molar-refractivity contribution < 1.29 is 4.79 Å². The van der Waals surface area contributed by atoms with Gasteiger partial charge in [0.1, 0.15) is 0 Å². The summed E-state index contributed by atoms with van der Waals surface area (Å²) in [6.07, 6.45) is 0. The SMILES string of the molecule is Cc1[nH]nc2ccc(C(=O)NCCn3c(=O)[nH]c4ccccc43)cc12. The lowest BCUT2D eigenvalue weighted by molar-refractivity contribution is 0.0952. The molecule has 126 valence electrons. The van der Waals surface area contributed by atoms with Gasteiger partial charge in [-0.15, -0.1) is 0 Å². The van der Waals surface area contributed by atoms with E-state index in [1.165, 1.54) is 0 Å². The second-order valence-electron chi connectivity index (χ2n) is 5.94. The Hall–Kier alpha value is -3.35. The lowest BCUT2D eigenvalue weighted by Crippen LogP contribution is -2.30. The summed E-state index contributed by atoms with van der Waals surface area (Å²) >= 11 is 0. The Kier molecular flexibility index (Phi) is 3.61. The predicted molar refractivity (Wildman–Crippen MR) is 95.7 cm³/mol. The number of imidazole rings is 1. The van der Waals surface area contributed by atoms with Crippen LogP contribution in [0, 0.1) is 6.92 Å². The van der Waals surface area contributed by atoms with Crippen LogP contribution in [0.3, 0.4) is 0 Å². The average molecular weight is 335 g/mol. The molecule has 3 N–H and O–H groups in total. The fourth-order valence-electron chi connectivity index (χ4n) is 2.99. The zero-order valence-electron chi connectivity index (χ0n) is 13.7. The van der Waals surface area contributed by atoms with Crippen LogP contribution in [0.5, 0.6) is 0 Å². The molecule has 2 aromatic carbocycles. The van der Waals surface area contributed by atoms with Crippen LogP contribution >= 0.6 is 0 Å². The van der Waals surface area contributed by atoms with Crippen molar-refractivity contribution in [1.29, 1.82) is 0 Å². The number of hydrogen-bond acceptors (Lipinski definition) is 3. The third kappa shape index (κ3) is 2.69. The Bertz CT molecular complexity index is 1140. The number of benzene rings is 2. The van der Waals surface area contributed by atoms with E-state index in [-0.39, 0.29) is 11.6 Å². The van der Waals surface area contributed by atoms with E-state index in [1.807, 2.05) is 43.3 Å². The summed E-state index contributed by atoms with van der Waals surface area (Å²) in [6.45, 7) is 2.69. The molecule has 0 aliphatic rings. The highest BCUT2D eigenvalue weighted by Gasteiger charge is 2.10. The zero-order valence-corrected chi connectivity index (χ0v) is 13.7. The van der Waals surface area contributed by atoms with Crippen molar-refractivity contribution in [2.75, 3.05) is 6.54 Å². The van der Waals surface area contributed by atoms with Crippen LogP contribution in [0.15, 0.2) is 47.3 Å². The Morgan fingerprint density at radius 3 is 2.96 bits per heavy atom. The minimum Gasteiger partial charge on any atom is -0.350 e. The first kappa shape index (κ1) is 15.2. The van der Waals surface area contributed by atoms with Crippen LogP contribution < -0.4 is 11.0 Å². The highest BCUT2D eigenvalue weighted by atomic mass is 16.2. The van der Waals surface area contributed by atoms with Crippen LogP contribution in [0.1, 0.15) is 16.1 Å². The van der Waals surface area contributed by atoms with E-state index in [0.29, 0.717) is 18.7 Å². The monoisotopic (exact) mass is 335 g/mol. The topological polar surface area (TPSA) is 95.6 Å². The van der Waals surface area contributed by atoms with E-state index < -0.39 is 0 Å². The summed E-state index contributed by atoms with van der Waals surface area (Å²) in [5.41, 5.74) is 3.78. The molecule has 2 aromatic heterocycles. The summed E-state index contributed by atoms with van der Waals surface area (Å²) < 4.78 is 1.62. The largest absolute Gasteiger partial charge is 0.350 e. The molecule has 1 amide bonds. The van der Waals surface area contributed by atoms with Crippen molar-refractivity contribution in [2.45, 2.75) is 13.5 Å². The van der Waals surface area contributed by atoms with Gasteiger partial charge < -0.3 is 10.3 Å². The standard InChI is InChI=1S/C18H17N5O2/c1-11-13-10-12(6-7-14(13)22-21-11)17(24)19-8-9-23-16-5-3-2-4-15(16)20-18(23)25/h2-7,10H,8-9H2,1H3,(H,19,24)(H,20,25)(H,21,22). The Balaban J connectivity index is 1.48. The molecule has 0 spiro atoms. The number of hydrogen-bond donors (Lipinski definition) is 3. The number of nitrogens with one attached hydrogen (secondary N) is 3. The van der Waals surface area contributed by atoms with Crippen LogP contribution in [0.2, 0.25) is 0 Å². The van der Waals surface area contributed by atoms with Crippen LogP contribution in [-0.2, 0) is 6.54 Å². The molecule has 0 saturated heterocycles. The molecule has 4 rings (SSSR count). The number of carbonyl (C=O) groups is 1. The first-order chi connectivity index (χ1) is 12.1. The predicted octanol–water partition coefficient (Wildman–Crippen LogP) is 1.94. The smallest absolute Gasteiger partial charge is 0.326 e. The van der Waals surface area contributed by atoms with E-state index >= 15 is 0 Å². The first-order valence-corrected chi connectivity index (χ1v) is 8.04. The molecular weight excluding hydrogens is 318 g/mol. The van der Waals surface area contributed by atoms with Gasteiger partial charge in [0.05, 0.1) is 16.6 Å². The van der Waals surface area contributed by atoms with Crippen molar-refractivity contribution in [3.63, 3.8) is 0 Å². The lowest BCUT2D eigenvalue weighted by atomic mass is 10.1. The molecule has 7 nitrogen and oxygen atoms in total. The minimum atomic E-state index is -0.175. The van der Waals surface area contributed by atoms with Gasteiger partial charge in [-0.25, -0.2) is 4.79 Å². The van der Waals surface area contributed by atoms with Gasteiger partial charge in [0.2, 0.25) is 0 Å². The van der Waals surface area contributed by atoms with E-state index in [4.69, 9.17) is 0 Å². The Morgan fingerprint density at radius 1 is 1.24 bits per heavy atom. The maximum Gasteiger partial charge on any atom is 0.326 e. The highest BCUT2D eigenvalue weighted by molar-refractivity contribution is 5.98. The average Bonchev–Trinajstić information content (AvgIpc) is 3.15. The first-order valence-electron chi connectivity index (χ1n) is 8.04. The van der Waals surface area contributed by atoms with Crippen molar-refractivity contribution in [3.05, 3.63) is 64.2 Å². The van der Waals surface area contributed by atoms with Gasteiger partial charge in [-0.2, -0.15) is 5.10 Å². The maximum absolute atomic E-state index is 12.4. The van der Waals surface area contributed by atoms with Gasteiger partial charge in [-0.3, -0.25) is 14.5 Å². The summed E-state index contributed by atoms with van der Waals surface area (Å²) in [5.74, 6) is -0.171. The molecule has 0 atom stereocenters. The number of nitrogens with zero attached hydrogens (tertiary/aromatic N) is 2. The van der Waals surface area contributed by atoms with Crippen LogP contribution in [0.25, 0.3) is 21.9 Å². The molecular formula is C18H17N5O2. The van der Waals surface area contributed by atoms with Gasteiger partial charge in [0.25, 0.3) is 5.91 Å². The summed E-state index contributed by atoms with van der Waals surface area (Å²) in [5, 5.41) is 10.9. The minimum absolute atomic E-state index is 0.171. The molecule has 0 aliphatic carbocycles. The molecule has 0 saturated carbocycles. The zero-order chi connectivity index (χ0) is 17.4. The summed E-state index contributed by atoms with van der Waals surface area (Å²) in [4.78, 5) is 27.2. The van der Waals surface area contributed by atoms with Gasteiger partial charge in [-0.1, -0.05) is 12.1 Å². The third-order valence-corrected chi connectivity index (χ3v) is 4.31. The number of rotatable bonds is 4. The number of aryl methyl sites for hydroxylation is 1. The van der Waals surface area contributed by atoms with Crippen molar-refractivity contribution in [1.82, 2.24) is 25.1 Å². The summed E-state index contributed by atoms with van der Waals surface area (Å²) in [7, 11) is 0. The van der Waals surface area contributed by atoms with Crippen molar-refractivity contribution >= 4 is 27.8 Å². The lowest BCUT2D eigenvalue weighted by Gasteiger charge is -2.07. The number of para-hydroxylation sites is 2. The number of carbonyl (C=O) groups excluding carboxylic acids is 1. The summed E-state index contributed by atoms with van der Waals surface area (Å²) in [6, 6.07) is 12.9. The molecule has 7 heteroatoms. The van der Waals surface area contributed by atoms with Gasteiger partial charge in [0, 0.05) is 29.7 Å². The number of fused-ring (bicyclic) bond motifs is 2. The molecule has 2 heterocycles. The molecule has 0 aliphatic heterocycles. The number of amides is 1. The van der Waals surface area contributed by atoms with Gasteiger partial charge in [-0.05, 0) is 37.3 Å². The highest BCUT2D eigenvalue weighted by Crippen LogP contribution is 2.16. The van der Waals surface area contributed by atoms with Gasteiger partial charge >= 0.3 is 5.69 Å².